The van der Waals surface area contributed by atoms with Crippen LogP contribution >= 0.6 is 0 Å². The number of hydrogen-bond donors (Lipinski definition) is 0. The van der Waals surface area contributed by atoms with Gasteiger partial charge in [-0.25, -0.2) is 0 Å². The first-order chi connectivity index (χ1) is 11.8. The molecule has 1 aliphatic rings. The van der Waals surface area contributed by atoms with E-state index in [1.54, 1.807) is 0 Å². The highest BCUT2D eigenvalue weighted by Crippen LogP contribution is 2.31. The van der Waals surface area contributed by atoms with E-state index in [2.05, 4.69) is 52.5 Å². The zero-order valence-electron chi connectivity index (χ0n) is 14.2. The second kappa shape index (κ2) is 6.73. The first-order valence-electron chi connectivity index (χ1n) is 8.87. The Morgan fingerprint density at radius 2 is 2.00 bits per heavy atom. The van der Waals surface area contributed by atoms with Gasteiger partial charge in [-0.3, -0.25) is 14.6 Å². The number of aryl methyl sites for hydroxylation is 1. The molecule has 0 saturated carbocycles. The van der Waals surface area contributed by atoms with E-state index in [9.17, 15) is 0 Å². The van der Waals surface area contributed by atoms with Gasteiger partial charge in [0, 0.05) is 31.4 Å². The van der Waals surface area contributed by atoms with Gasteiger partial charge in [-0.1, -0.05) is 31.0 Å². The van der Waals surface area contributed by atoms with Crippen LogP contribution < -0.4 is 0 Å². The van der Waals surface area contributed by atoms with Gasteiger partial charge < -0.3 is 0 Å². The second-order valence-corrected chi connectivity index (χ2v) is 6.74. The molecule has 1 aliphatic heterocycles. The number of nitrogens with zero attached hydrogens (tertiary/aromatic N) is 4. The summed E-state index contributed by atoms with van der Waals surface area (Å²) in [5.74, 6) is 0. The molecule has 3 heterocycles. The Balaban J connectivity index is 1.66. The zero-order chi connectivity index (χ0) is 16.4. The summed E-state index contributed by atoms with van der Waals surface area (Å²) in [6.07, 6.45) is 9.06. The molecule has 0 spiro atoms. The van der Waals surface area contributed by atoms with Crippen LogP contribution in [0.3, 0.4) is 0 Å². The molecule has 3 aromatic rings. The highest BCUT2D eigenvalue weighted by molar-refractivity contribution is 5.81. The number of pyridine rings is 1. The fraction of sp³-hybridized carbons (Fsp3) is 0.400. The Kier molecular flexibility index (Phi) is 4.30. The lowest BCUT2D eigenvalue weighted by Crippen LogP contribution is -2.28. The second-order valence-electron chi connectivity index (χ2n) is 6.74. The molecule has 0 amide bonds. The fourth-order valence-electron chi connectivity index (χ4n) is 3.81. The molecular weight excluding hydrogens is 296 g/mol. The van der Waals surface area contributed by atoms with Gasteiger partial charge in [0.05, 0.1) is 17.3 Å². The summed E-state index contributed by atoms with van der Waals surface area (Å²) in [4.78, 5) is 7.11. The van der Waals surface area contributed by atoms with E-state index in [-0.39, 0.29) is 0 Å². The summed E-state index contributed by atoms with van der Waals surface area (Å²) in [5, 5.41) is 5.96. The Bertz CT molecular complexity index is 818. The molecule has 1 aromatic carbocycles. The summed E-state index contributed by atoms with van der Waals surface area (Å²) in [7, 11) is 2.00. The maximum absolute atomic E-state index is 4.69. The molecule has 1 saturated heterocycles. The third-order valence-electron chi connectivity index (χ3n) is 5.05. The van der Waals surface area contributed by atoms with Crippen LogP contribution in [0, 0.1) is 0 Å². The quantitative estimate of drug-likeness (QED) is 0.729. The average molecular weight is 320 g/mol. The number of benzene rings is 1. The topological polar surface area (TPSA) is 34.0 Å². The molecular formula is C20H24N4. The van der Waals surface area contributed by atoms with Crippen LogP contribution in [0.15, 0.2) is 48.8 Å². The molecule has 2 aromatic heterocycles. The molecule has 124 valence electrons. The highest BCUT2D eigenvalue weighted by atomic mass is 15.3. The van der Waals surface area contributed by atoms with Crippen molar-refractivity contribution in [1.29, 1.82) is 0 Å². The largest absolute Gasteiger partial charge is 0.290 e. The first-order valence-corrected chi connectivity index (χ1v) is 8.87. The summed E-state index contributed by atoms with van der Waals surface area (Å²) < 4.78 is 1.92. The Labute approximate surface area is 143 Å². The number of fused-ring (bicyclic) bond motifs is 1. The van der Waals surface area contributed by atoms with E-state index in [4.69, 9.17) is 5.10 Å². The molecule has 4 rings (SSSR count). The van der Waals surface area contributed by atoms with Crippen LogP contribution in [-0.2, 0) is 13.6 Å². The predicted molar refractivity (Wildman–Crippen MR) is 96.6 cm³/mol. The Morgan fingerprint density at radius 3 is 2.88 bits per heavy atom. The van der Waals surface area contributed by atoms with Gasteiger partial charge in [0.15, 0.2) is 0 Å². The van der Waals surface area contributed by atoms with Crippen LogP contribution in [-0.4, -0.2) is 26.2 Å². The summed E-state index contributed by atoms with van der Waals surface area (Å²) in [5.41, 5.74) is 3.65. The van der Waals surface area contributed by atoms with Crippen molar-refractivity contribution in [3.63, 3.8) is 0 Å². The van der Waals surface area contributed by atoms with Crippen LogP contribution in [0.25, 0.3) is 10.9 Å². The van der Waals surface area contributed by atoms with Gasteiger partial charge in [-0.15, -0.1) is 0 Å². The molecule has 4 nitrogen and oxygen atoms in total. The maximum atomic E-state index is 4.69. The van der Waals surface area contributed by atoms with E-state index in [1.807, 2.05) is 17.9 Å². The average Bonchev–Trinajstić information content (AvgIpc) is 2.90. The lowest BCUT2D eigenvalue weighted by Gasteiger charge is -2.29. The van der Waals surface area contributed by atoms with E-state index in [0.29, 0.717) is 6.04 Å². The van der Waals surface area contributed by atoms with Crippen molar-refractivity contribution in [2.24, 2.45) is 7.05 Å². The minimum atomic E-state index is 0.417. The molecule has 0 aliphatic carbocycles. The van der Waals surface area contributed by atoms with Gasteiger partial charge in [0.1, 0.15) is 0 Å². The number of para-hydroxylation sites is 1. The molecule has 0 bridgehead atoms. The molecule has 1 atom stereocenters. The third-order valence-corrected chi connectivity index (χ3v) is 5.05. The van der Waals surface area contributed by atoms with Crippen LogP contribution in [0.2, 0.25) is 0 Å². The van der Waals surface area contributed by atoms with Crippen LogP contribution in [0.1, 0.15) is 43.0 Å². The summed E-state index contributed by atoms with van der Waals surface area (Å²) >= 11 is 0. The lowest BCUT2D eigenvalue weighted by atomic mass is 10.0. The maximum Gasteiger partial charge on any atom is 0.0796 e. The van der Waals surface area contributed by atoms with Gasteiger partial charge in [0.2, 0.25) is 0 Å². The SMILES string of the molecule is Cn1ccc([C@@H]2CCCCCN2Cc2ccnc3ccccc23)n1. The van der Waals surface area contributed by atoms with Crippen molar-refractivity contribution < 1.29 is 0 Å². The summed E-state index contributed by atoms with van der Waals surface area (Å²) in [6, 6.07) is 13.2. The first kappa shape index (κ1) is 15.3. The van der Waals surface area contributed by atoms with Crippen molar-refractivity contribution >= 4 is 10.9 Å². The van der Waals surface area contributed by atoms with Crippen LogP contribution in [0.4, 0.5) is 0 Å². The van der Waals surface area contributed by atoms with E-state index >= 15 is 0 Å². The van der Waals surface area contributed by atoms with Crippen LogP contribution in [0.5, 0.6) is 0 Å². The molecule has 1 fully saturated rings. The molecule has 24 heavy (non-hydrogen) atoms. The Hall–Kier alpha value is -2.20. The zero-order valence-corrected chi connectivity index (χ0v) is 14.2. The van der Waals surface area contributed by atoms with Gasteiger partial charge in [-0.05, 0) is 43.1 Å². The summed E-state index contributed by atoms with van der Waals surface area (Å²) in [6.45, 7) is 2.10. The number of rotatable bonds is 3. The predicted octanol–water partition coefficient (Wildman–Crippen LogP) is 4.09. The van der Waals surface area contributed by atoms with E-state index in [0.717, 1.165) is 18.6 Å². The third kappa shape index (κ3) is 3.06. The molecule has 0 unspecified atom stereocenters. The Morgan fingerprint density at radius 1 is 1.08 bits per heavy atom. The molecule has 4 heteroatoms. The number of likely N-dealkylation sites (tertiary alicyclic amines) is 1. The van der Waals surface area contributed by atoms with Crippen molar-refractivity contribution in [3.8, 4) is 0 Å². The van der Waals surface area contributed by atoms with Gasteiger partial charge in [-0.2, -0.15) is 5.10 Å². The van der Waals surface area contributed by atoms with Gasteiger partial charge in [0.25, 0.3) is 0 Å². The fourth-order valence-corrected chi connectivity index (χ4v) is 3.81. The normalized spacial score (nSPS) is 19.5. The molecule has 0 radical (unpaired) electrons. The standard InChI is InChI=1S/C20H24N4/c1-23-14-11-19(22-23)20-9-3-2-6-13-24(20)15-16-10-12-21-18-8-5-4-7-17(16)18/h4-5,7-8,10-12,14,20H,2-3,6,9,13,15H2,1H3/t20-/m0/s1. The van der Waals surface area contributed by atoms with Crippen molar-refractivity contribution in [3.05, 3.63) is 60.0 Å². The van der Waals surface area contributed by atoms with Gasteiger partial charge >= 0.3 is 0 Å². The lowest BCUT2D eigenvalue weighted by molar-refractivity contribution is 0.188. The number of aromatic nitrogens is 3. The van der Waals surface area contributed by atoms with Crippen molar-refractivity contribution in [2.45, 2.75) is 38.3 Å². The number of hydrogen-bond acceptors (Lipinski definition) is 3. The minimum Gasteiger partial charge on any atom is -0.290 e. The van der Waals surface area contributed by atoms with Crippen molar-refractivity contribution in [1.82, 2.24) is 19.7 Å². The minimum absolute atomic E-state index is 0.417. The smallest absolute Gasteiger partial charge is 0.0796 e. The van der Waals surface area contributed by atoms with Crippen molar-refractivity contribution in [2.75, 3.05) is 6.54 Å². The van der Waals surface area contributed by atoms with E-state index in [1.165, 1.54) is 42.3 Å². The highest BCUT2D eigenvalue weighted by Gasteiger charge is 2.25. The molecule has 0 N–H and O–H groups in total. The van der Waals surface area contributed by atoms with E-state index < -0.39 is 0 Å². The monoisotopic (exact) mass is 320 g/mol.